The maximum Gasteiger partial charge on any atom is 0.228 e. The predicted octanol–water partition coefficient (Wildman–Crippen LogP) is 4.38. The van der Waals surface area contributed by atoms with Crippen LogP contribution in [0.3, 0.4) is 0 Å². The summed E-state index contributed by atoms with van der Waals surface area (Å²) in [5.41, 5.74) is 1.07. The molecule has 1 aromatic rings. The van der Waals surface area contributed by atoms with Crippen molar-refractivity contribution in [3.63, 3.8) is 0 Å². The van der Waals surface area contributed by atoms with Crippen molar-refractivity contribution < 1.29 is 14.0 Å². The number of benzene rings is 1. The molecule has 0 saturated carbocycles. The number of carbonyl (C=O) groups excluding carboxylic acids is 2. The molecule has 3 rings (SSSR count). The van der Waals surface area contributed by atoms with Crippen LogP contribution < -0.4 is 5.32 Å². The summed E-state index contributed by atoms with van der Waals surface area (Å²) < 4.78 is 7.36. The van der Waals surface area contributed by atoms with Crippen molar-refractivity contribution in [2.45, 2.75) is 65.3 Å². The zero-order valence-corrected chi connectivity index (χ0v) is 19.6. The second-order valence-corrected chi connectivity index (χ2v) is 12.1. The Morgan fingerprint density at radius 2 is 1.85 bits per heavy atom. The van der Waals surface area contributed by atoms with E-state index in [1.165, 1.54) is 0 Å². The zero-order valence-electron chi connectivity index (χ0n) is 17.0. The molecular formula is C21H29BrNO3Si. The summed E-state index contributed by atoms with van der Waals surface area (Å²) in [5, 5.41) is 3.05. The van der Waals surface area contributed by atoms with E-state index in [1.807, 2.05) is 18.2 Å². The van der Waals surface area contributed by atoms with Crippen molar-refractivity contribution in [2.24, 2.45) is 17.3 Å². The first-order valence-electron chi connectivity index (χ1n) is 9.58. The molecule has 0 aromatic heterocycles. The summed E-state index contributed by atoms with van der Waals surface area (Å²) in [7, 11) is -1.01. The molecule has 1 radical (unpaired) electrons. The number of hydrogen-bond donors (Lipinski definition) is 1. The predicted molar refractivity (Wildman–Crippen MR) is 112 cm³/mol. The standard InChI is InChI=1S/C21H29BrNO3Si/c1-20(2,3)21(4,26-27(5)6)16-17(23-19(16)25)14-10-8-12-7-9-13(22)11-15(12)18(14)24/h7,9,11,14,16-17H,8,10H2,1-6H3,(H,23,25)/t14-,16+,17+,21+/m0/s1. The van der Waals surface area contributed by atoms with Gasteiger partial charge in [0.2, 0.25) is 14.9 Å². The minimum atomic E-state index is -1.01. The Morgan fingerprint density at radius 1 is 1.19 bits per heavy atom. The fourth-order valence-electron chi connectivity index (χ4n) is 4.42. The van der Waals surface area contributed by atoms with Crippen LogP contribution in [-0.4, -0.2) is 32.4 Å². The molecule has 1 aromatic carbocycles. The van der Waals surface area contributed by atoms with E-state index in [-0.39, 0.29) is 35.0 Å². The van der Waals surface area contributed by atoms with Crippen LogP contribution in [-0.2, 0) is 15.6 Å². The quantitative estimate of drug-likeness (QED) is 0.546. The van der Waals surface area contributed by atoms with Crippen molar-refractivity contribution >= 4 is 36.7 Å². The highest BCUT2D eigenvalue weighted by atomic mass is 79.9. The van der Waals surface area contributed by atoms with Crippen LogP contribution >= 0.6 is 15.9 Å². The average Bonchev–Trinajstić information content (AvgIpc) is 2.52. The number of Topliss-reactive ketones (excluding diaryl/α,β-unsaturated/α-hetero) is 1. The molecule has 1 aliphatic heterocycles. The van der Waals surface area contributed by atoms with Crippen molar-refractivity contribution in [3.05, 3.63) is 33.8 Å². The molecule has 0 bridgehead atoms. The molecule has 1 saturated heterocycles. The van der Waals surface area contributed by atoms with Gasteiger partial charge in [-0.25, -0.2) is 0 Å². The third-order valence-corrected chi connectivity index (χ3v) is 7.61. The monoisotopic (exact) mass is 450 g/mol. The second-order valence-electron chi connectivity index (χ2n) is 9.19. The van der Waals surface area contributed by atoms with E-state index in [9.17, 15) is 9.59 Å². The van der Waals surface area contributed by atoms with Gasteiger partial charge in [0.05, 0.1) is 17.6 Å². The average molecular weight is 451 g/mol. The molecule has 0 unspecified atom stereocenters. The molecule has 4 atom stereocenters. The van der Waals surface area contributed by atoms with Crippen LogP contribution in [0, 0.1) is 17.3 Å². The minimum Gasteiger partial charge on any atom is -0.411 e. The van der Waals surface area contributed by atoms with Gasteiger partial charge in [-0.2, -0.15) is 0 Å². The number of fused-ring (bicyclic) bond motifs is 1. The number of ketones is 1. The van der Waals surface area contributed by atoms with E-state index in [1.54, 1.807) is 0 Å². The highest BCUT2D eigenvalue weighted by molar-refractivity contribution is 9.10. The van der Waals surface area contributed by atoms with Crippen molar-refractivity contribution in [1.82, 2.24) is 5.32 Å². The molecule has 1 N–H and O–H groups in total. The lowest BCUT2D eigenvalue weighted by molar-refractivity contribution is -0.161. The molecule has 6 heteroatoms. The smallest absolute Gasteiger partial charge is 0.228 e. The molecule has 1 aliphatic carbocycles. The number of halogens is 1. The zero-order chi connectivity index (χ0) is 20.1. The normalized spacial score (nSPS) is 27.6. The Morgan fingerprint density at radius 3 is 2.41 bits per heavy atom. The van der Waals surface area contributed by atoms with Gasteiger partial charge >= 0.3 is 0 Å². The maximum atomic E-state index is 13.2. The topological polar surface area (TPSA) is 55.4 Å². The molecule has 1 heterocycles. The van der Waals surface area contributed by atoms with Crippen LogP contribution in [0.1, 0.15) is 50.0 Å². The molecule has 1 amide bonds. The molecule has 27 heavy (non-hydrogen) atoms. The summed E-state index contributed by atoms with van der Waals surface area (Å²) in [5.74, 6) is -0.347. The second kappa shape index (κ2) is 7.12. The SMILES string of the molecule is C[Si](C)O[C@](C)([C@H]1C(=O)N[C@@H]1[C@@H]1CCc2ccc(Br)cc2C1=O)C(C)(C)C. The van der Waals surface area contributed by atoms with Gasteiger partial charge in [0.25, 0.3) is 0 Å². The first kappa shape index (κ1) is 20.7. The Labute approximate surface area is 172 Å². The van der Waals surface area contributed by atoms with Crippen LogP contribution in [0.5, 0.6) is 0 Å². The van der Waals surface area contributed by atoms with E-state index in [0.29, 0.717) is 0 Å². The van der Waals surface area contributed by atoms with E-state index in [0.717, 1.165) is 28.4 Å². The van der Waals surface area contributed by atoms with E-state index >= 15 is 0 Å². The van der Waals surface area contributed by atoms with Crippen molar-refractivity contribution in [3.8, 4) is 0 Å². The van der Waals surface area contributed by atoms with Gasteiger partial charge in [0.15, 0.2) is 5.78 Å². The van der Waals surface area contributed by atoms with Crippen molar-refractivity contribution in [1.29, 1.82) is 0 Å². The molecular weight excluding hydrogens is 422 g/mol. The number of β-lactam (4-membered cyclic amide) rings is 1. The van der Waals surface area contributed by atoms with Crippen molar-refractivity contribution in [2.75, 3.05) is 0 Å². The number of hydrogen-bond acceptors (Lipinski definition) is 3. The highest BCUT2D eigenvalue weighted by Crippen LogP contribution is 2.47. The fourth-order valence-corrected chi connectivity index (χ4v) is 6.06. The van der Waals surface area contributed by atoms with Gasteiger partial charge in [-0.3, -0.25) is 9.59 Å². The van der Waals surface area contributed by atoms with Crippen LogP contribution in [0.15, 0.2) is 22.7 Å². The van der Waals surface area contributed by atoms with Gasteiger partial charge in [0, 0.05) is 16.0 Å². The Kier molecular flexibility index (Phi) is 5.47. The largest absolute Gasteiger partial charge is 0.411 e. The summed E-state index contributed by atoms with van der Waals surface area (Å²) in [6.45, 7) is 12.6. The Bertz CT molecular complexity index is 773. The molecule has 4 nitrogen and oxygen atoms in total. The first-order chi connectivity index (χ1) is 12.5. The number of nitrogens with one attached hydrogen (secondary N) is 1. The van der Waals surface area contributed by atoms with E-state index < -0.39 is 14.6 Å². The fraction of sp³-hybridized carbons (Fsp3) is 0.619. The van der Waals surface area contributed by atoms with Crippen LogP contribution in [0.4, 0.5) is 0 Å². The molecule has 2 aliphatic rings. The van der Waals surface area contributed by atoms with Crippen LogP contribution in [0.25, 0.3) is 0 Å². The van der Waals surface area contributed by atoms with Gasteiger partial charge in [-0.05, 0) is 56.0 Å². The molecule has 1 fully saturated rings. The van der Waals surface area contributed by atoms with E-state index in [2.05, 4.69) is 62.0 Å². The third kappa shape index (κ3) is 3.56. The molecule has 0 spiro atoms. The molecule has 147 valence electrons. The Balaban J connectivity index is 1.93. The van der Waals surface area contributed by atoms with Gasteiger partial charge in [-0.15, -0.1) is 0 Å². The van der Waals surface area contributed by atoms with Crippen LogP contribution in [0.2, 0.25) is 13.1 Å². The first-order valence-corrected chi connectivity index (χ1v) is 12.8. The van der Waals surface area contributed by atoms with Gasteiger partial charge in [-0.1, -0.05) is 42.8 Å². The summed E-state index contributed by atoms with van der Waals surface area (Å²) in [6, 6.07) is 5.76. The highest BCUT2D eigenvalue weighted by Gasteiger charge is 2.60. The lowest BCUT2D eigenvalue weighted by Gasteiger charge is -2.56. The lowest BCUT2D eigenvalue weighted by Crippen LogP contribution is -2.73. The maximum absolute atomic E-state index is 13.2. The van der Waals surface area contributed by atoms with Gasteiger partial charge in [0.1, 0.15) is 0 Å². The summed E-state index contributed by atoms with van der Waals surface area (Å²) in [4.78, 5) is 25.9. The number of carbonyl (C=O) groups is 2. The number of amides is 1. The minimum absolute atomic E-state index is 0.00788. The summed E-state index contributed by atoms with van der Waals surface area (Å²) in [6.07, 6.45) is 1.63. The summed E-state index contributed by atoms with van der Waals surface area (Å²) >= 11 is 3.47. The third-order valence-electron chi connectivity index (χ3n) is 6.28. The number of aryl methyl sites for hydroxylation is 1. The number of rotatable bonds is 4. The van der Waals surface area contributed by atoms with Gasteiger partial charge < -0.3 is 9.74 Å². The Hall–Kier alpha value is -0.983. The van der Waals surface area contributed by atoms with E-state index in [4.69, 9.17) is 4.43 Å². The lowest BCUT2D eigenvalue weighted by atomic mass is 9.60.